The van der Waals surface area contributed by atoms with Crippen LogP contribution in [0.1, 0.15) is 10.4 Å². The fourth-order valence-electron chi connectivity index (χ4n) is 1.97. The second-order valence-corrected chi connectivity index (χ2v) is 7.02. The van der Waals surface area contributed by atoms with Gasteiger partial charge in [0, 0.05) is 11.3 Å². The van der Waals surface area contributed by atoms with E-state index >= 15 is 0 Å². The number of hydrogen-bond donors (Lipinski definition) is 2. The van der Waals surface area contributed by atoms with Crippen molar-refractivity contribution in [3.8, 4) is 0 Å². The predicted octanol–water partition coefficient (Wildman–Crippen LogP) is 3.40. The molecule has 1 N–H and O–H groups in total. The minimum absolute atomic E-state index is 0.0562. The van der Waals surface area contributed by atoms with E-state index in [1.54, 1.807) is 17.6 Å². The van der Waals surface area contributed by atoms with Crippen LogP contribution in [-0.4, -0.2) is 15.5 Å². The molecule has 0 atom stereocenters. The molecule has 0 unspecified atom stereocenters. The molecule has 3 rings (SSSR count). The van der Waals surface area contributed by atoms with Gasteiger partial charge in [-0.15, -0.1) is 15.2 Å². The summed E-state index contributed by atoms with van der Waals surface area (Å²) < 4.78 is 30.2. The summed E-state index contributed by atoms with van der Waals surface area (Å²) in [5, 5.41) is 0. The monoisotopic (exact) mass is 322 g/mol. The molecule has 0 spiro atoms. The fraction of sp³-hybridized carbons (Fsp3) is 0. The average Bonchev–Trinajstić information content (AvgIpc) is 2.95. The summed E-state index contributed by atoms with van der Waals surface area (Å²) in [5.74, 6) is 0. The summed E-state index contributed by atoms with van der Waals surface area (Å²) in [5.41, 5.74) is 2.81. The van der Waals surface area contributed by atoms with Crippen molar-refractivity contribution in [1.82, 2.24) is 4.98 Å². The zero-order valence-electron chi connectivity index (χ0n) is 10.7. The number of carbonyl (C=O) groups excluding carboxylic acids is 1. The number of halogens is 1. The lowest BCUT2D eigenvalue weighted by Crippen LogP contribution is -2.17. The van der Waals surface area contributed by atoms with E-state index in [4.69, 9.17) is 0 Å². The molecule has 0 fully saturated rings. The molecule has 1 aromatic heterocycles. The maximum absolute atomic E-state index is 14.6. The molecule has 0 radical (unpaired) electrons. The van der Waals surface area contributed by atoms with Crippen LogP contribution in [0.25, 0.3) is 10.2 Å². The van der Waals surface area contributed by atoms with E-state index in [2.05, 4.69) is 9.71 Å². The third-order valence-electron chi connectivity index (χ3n) is 2.97. The van der Waals surface area contributed by atoms with Gasteiger partial charge >= 0.3 is 0 Å². The van der Waals surface area contributed by atoms with Gasteiger partial charge in [0.05, 0.1) is 20.6 Å². The Labute approximate surface area is 125 Å². The third-order valence-corrected chi connectivity index (χ3v) is 5.29. The second kappa shape index (κ2) is 5.34. The highest BCUT2D eigenvalue weighted by atomic mass is 32.3. The van der Waals surface area contributed by atoms with Crippen molar-refractivity contribution < 1.29 is 12.9 Å². The number of thiol groups is 1. The Bertz CT molecular complexity index is 846. The maximum atomic E-state index is 14.6. The average molecular weight is 322 g/mol. The topological polar surface area (TPSA) is 59.1 Å². The normalized spacial score (nSPS) is 12.2. The molecule has 0 aliphatic carbocycles. The van der Waals surface area contributed by atoms with Crippen LogP contribution in [0.4, 0.5) is 9.57 Å². The number of rotatable bonds is 4. The number of anilines is 1. The number of aldehydes is 1. The fourth-order valence-corrected chi connectivity index (χ4v) is 4.07. The summed E-state index contributed by atoms with van der Waals surface area (Å²) in [6.45, 7) is 0. The van der Waals surface area contributed by atoms with Crippen LogP contribution in [0.3, 0.4) is 0 Å². The number of nitrogens with zero attached hydrogens (tertiary/aromatic N) is 1. The van der Waals surface area contributed by atoms with Gasteiger partial charge in [-0.2, -0.15) is 0 Å². The van der Waals surface area contributed by atoms with E-state index in [1.165, 1.54) is 41.7 Å². The van der Waals surface area contributed by atoms with Gasteiger partial charge in [0.1, 0.15) is 16.8 Å². The molecule has 4 nitrogen and oxygen atoms in total. The molecule has 0 aliphatic rings. The number of carbonyl (C=O) groups is 1. The summed E-state index contributed by atoms with van der Waals surface area (Å²) in [6.07, 6.45) is 0.689. The minimum atomic E-state index is -4.30. The highest BCUT2D eigenvalue weighted by molar-refractivity contribution is 7.99. The van der Waals surface area contributed by atoms with Crippen molar-refractivity contribution in [3.05, 3.63) is 53.5 Å². The first-order valence-corrected chi connectivity index (χ1v) is 8.54. The number of benzene rings is 2. The van der Waals surface area contributed by atoms with E-state index in [-0.39, 0.29) is 4.90 Å². The molecule has 1 heterocycles. The largest absolute Gasteiger partial charge is 0.301 e. The SMILES string of the molecule is O=Cc1ccc(N[SH](=O)(F)c2cccc3scnc23)cc1. The van der Waals surface area contributed by atoms with Gasteiger partial charge in [0.15, 0.2) is 0 Å². The van der Waals surface area contributed by atoms with Crippen LogP contribution in [0, 0.1) is 0 Å². The lowest BCUT2D eigenvalue weighted by molar-refractivity contribution is 0.112. The van der Waals surface area contributed by atoms with Crippen LogP contribution in [0.15, 0.2) is 52.9 Å². The van der Waals surface area contributed by atoms with Crippen molar-refractivity contribution >= 4 is 44.0 Å². The second-order valence-electron chi connectivity index (χ2n) is 4.36. The number of aromatic nitrogens is 1. The Morgan fingerprint density at radius 3 is 2.67 bits per heavy atom. The standard InChI is InChI=1S/C14H11FN2O2S2/c15-21(19,17-11-6-4-10(8-18)5-7-11)13-3-1-2-12-14(13)16-9-20-12/h1-9,21H,(H,17,19). The van der Waals surface area contributed by atoms with Gasteiger partial charge in [-0.05, 0) is 36.4 Å². The molecule has 7 heteroatoms. The lowest BCUT2D eigenvalue weighted by Gasteiger charge is -2.18. The number of para-hydroxylation sites is 1. The first-order chi connectivity index (χ1) is 10.1. The quantitative estimate of drug-likeness (QED) is 0.440. The molecule has 0 saturated heterocycles. The van der Waals surface area contributed by atoms with Crippen LogP contribution >= 0.6 is 11.3 Å². The lowest BCUT2D eigenvalue weighted by atomic mass is 10.2. The molecule has 0 saturated carbocycles. The first-order valence-electron chi connectivity index (χ1n) is 6.06. The van der Waals surface area contributed by atoms with Gasteiger partial charge < -0.3 is 4.72 Å². The Kier molecular flexibility index (Phi) is 3.52. The van der Waals surface area contributed by atoms with Crippen molar-refractivity contribution in [2.45, 2.75) is 4.90 Å². The van der Waals surface area contributed by atoms with E-state index in [9.17, 15) is 12.9 Å². The number of fused-ring (bicyclic) bond motifs is 1. The summed E-state index contributed by atoms with van der Waals surface area (Å²) in [7, 11) is -4.30. The summed E-state index contributed by atoms with van der Waals surface area (Å²) >= 11 is 1.36. The van der Waals surface area contributed by atoms with Crippen LogP contribution in [0.5, 0.6) is 0 Å². The maximum Gasteiger partial charge on any atom is 0.150 e. The van der Waals surface area contributed by atoms with Gasteiger partial charge in [0.2, 0.25) is 0 Å². The molecule has 108 valence electrons. The number of thiazole rings is 1. The van der Waals surface area contributed by atoms with Crippen molar-refractivity contribution in [2.75, 3.05) is 4.72 Å². The van der Waals surface area contributed by atoms with Crippen molar-refractivity contribution in [1.29, 1.82) is 0 Å². The predicted molar refractivity (Wildman–Crippen MR) is 84.0 cm³/mol. The Balaban J connectivity index is 1.97. The van der Waals surface area contributed by atoms with Crippen LogP contribution in [-0.2, 0) is 10.5 Å². The third kappa shape index (κ3) is 2.70. The molecule has 0 aliphatic heterocycles. The zero-order valence-corrected chi connectivity index (χ0v) is 12.4. The molecule has 21 heavy (non-hydrogen) atoms. The number of hydrogen-bond acceptors (Lipinski definition) is 4. The first kappa shape index (κ1) is 13.8. The van der Waals surface area contributed by atoms with Crippen LogP contribution < -0.4 is 4.72 Å². The number of nitrogens with one attached hydrogen (secondary N) is 1. The molecule has 2 aromatic carbocycles. The van der Waals surface area contributed by atoms with Crippen molar-refractivity contribution in [2.24, 2.45) is 0 Å². The van der Waals surface area contributed by atoms with Gasteiger partial charge in [-0.25, -0.2) is 9.19 Å². The summed E-state index contributed by atoms with van der Waals surface area (Å²) in [6, 6.07) is 11.0. The van der Waals surface area contributed by atoms with Crippen molar-refractivity contribution in [3.63, 3.8) is 0 Å². The Hall–Kier alpha value is -2.12. The molecule has 0 bridgehead atoms. The van der Waals surface area contributed by atoms with Gasteiger partial charge in [-0.3, -0.25) is 4.79 Å². The highest BCUT2D eigenvalue weighted by Gasteiger charge is 2.19. The Morgan fingerprint density at radius 2 is 1.95 bits per heavy atom. The van der Waals surface area contributed by atoms with E-state index in [0.29, 0.717) is 23.1 Å². The van der Waals surface area contributed by atoms with Gasteiger partial charge in [-0.1, -0.05) is 6.07 Å². The molecular weight excluding hydrogens is 311 g/mol. The zero-order chi connectivity index (χ0) is 14.9. The smallest absolute Gasteiger partial charge is 0.150 e. The minimum Gasteiger partial charge on any atom is -0.301 e. The van der Waals surface area contributed by atoms with E-state index in [0.717, 1.165) is 4.70 Å². The van der Waals surface area contributed by atoms with E-state index in [1.807, 2.05) is 0 Å². The van der Waals surface area contributed by atoms with Crippen LogP contribution in [0.2, 0.25) is 0 Å². The van der Waals surface area contributed by atoms with E-state index < -0.39 is 10.5 Å². The summed E-state index contributed by atoms with van der Waals surface area (Å²) in [4.78, 5) is 14.7. The molecule has 0 amide bonds. The molecule has 3 aromatic rings. The Morgan fingerprint density at radius 1 is 1.19 bits per heavy atom. The molecular formula is C14H11FN2O2S2. The highest BCUT2D eigenvalue weighted by Crippen LogP contribution is 2.31. The van der Waals surface area contributed by atoms with Gasteiger partial charge in [0.25, 0.3) is 0 Å².